The van der Waals surface area contributed by atoms with Gasteiger partial charge in [0.25, 0.3) is 11.7 Å². The summed E-state index contributed by atoms with van der Waals surface area (Å²) in [6.07, 6.45) is 2.46. The first-order valence-corrected chi connectivity index (χ1v) is 5.72. The van der Waals surface area contributed by atoms with Crippen LogP contribution in [-0.2, 0) is 0 Å². The molecule has 0 radical (unpaired) electrons. The molecule has 0 atom stereocenters. The van der Waals surface area contributed by atoms with Gasteiger partial charge in [0.1, 0.15) is 0 Å². The number of nitrogens with one attached hydrogen (secondary N) is 1. The van der Waals surface area contributed by atoms with E-state index in [-0.39, 0.29) is 11.7 Å². The maximum atomic E-state index is 11.8. The Kier molecular flexibility index (Phi) is 3.36. The van der Waals surface area contributed by atoms with E-state index in [1.807, 2.05) is 19.9 Å². The van der Waals surface area contributed by atoms with Gasteiger partial charge in [0, 0.05) is 17.9 Å². The van der Waals surface area contributed by atoms with Crippen LogP contribution in [0.3, 0.4) is 0 Å². The van der Waals surface area contributed by atoms with Gasteiger partial charge in [-0.25, -0.2) is 9.50 Å². The molecule has 0 aromatic carbocycles. The van der Waals surface area contributed by atoms with Gasteiger partial charge in [0.2, 0.25) is 5.82 Å². The highest BCUT2D eigenvalue weighted by molar-refractivity contribution is 5.90. The van der Waals surface area contributed by atoms with Crippen molar-refractivity contribution >= 4 is 11.7 Å². The summed E-state index contributed by atoms with van der Waals surface area (Å²) in [6, 6.07) is 1.89. The zero-order chi connectivity index (χ0) is 13.1. The van der Waals surface area contributed by atoms with E-state index >= 15 is 0 Å². The lowest BCUT2D eigenvalue weighted by Crippen LogP contribution is -2.25. The van der Waals surface area contributed by atoms with E-state index in [4.69, 9.17) is 0 Å². The van der Waals surface area contributed by atoms with Crippen molar-refractivity contribution < 1.29 is 4.79 Å². The molecule has 0 bridgehead atoms. The number of aryl methyl sites for hydroxylation is 2. The molecule has 0 unspecified atom stereocenters. The molecule has 0 saturated heterocycles. The van der Waals surface area contributed by atoms with Crippen molar-refractivity contribution in [2.24, 2.45) is 0 Å². The Labute approximate surface area is 105 Å². The van der Waals surface area contributed by atoms with Crippen LogP contribution < -0.4 is 5.32 Å². The summed E-state index contributed by atoms with van der Waals surface area (Å²) in [6.45, 7) is 7.90. The van der Waals surface area contributed by atoms with Crippen molar-refractivity contribution in [3.63, 3.8) is 0 Å². The lowest BCUT2D eigenvalue weighted by molar-refractivity contribution is 0.0944. The molecule has 0 aliphatic heterocycles. The Morgan fingerprint density at radius 1 is 1.50 bits per heavy atom. The molecule has 0 aliphatic rings. The van der Waals surface area contributed by atoms with Gasteiger partial charge in [0.15, 0.2) is 0 Å². The predicted octanol–water partition coefficient (Wildman–Crippen LogP) is 1.05. The van der Waals surface area contributed by atoms with Crippen LogP contribution in [0.25, 0.3) is 5.78 Å². The monoisotopic (exact) mass is 245 g/mol. The third-order valence-corrected chi connectivity index (χ3v) is 2.46. The van der Waals surface area contributed by atoms with E-state index in [1.54, 1.807) is 10.6 Å². The number of fused-ring (bicyclic) bond motifs is 1. The predicted molar refractivity (Wildman–Crippen MR) is 67.4 cm³/mol. The summed E-state index contributed by atoms with van der Waals surface area (Å²) in [5, 5.41) is 6.86. The maximum absolute atomic E-state index is 11.8. The number of rotatable bonds is 4. The van der Waals surface area contributed by atoms with Crippen molar-refractivity contribution in [1.82, 2.24) is 24.9 Å². The molecule has 0 fully saturated rings. The number of hydrogen-bond acceptors (Lipinski definition) is 4. The van der Waals surface area contributed by atoms with Crippen molar-refractivity contribution in [1.29, 1.82) is 0 Å². The number of amides is 1. The number of hydrogen-bond donors (Lipinski definition) is 1. The van der Waals surface area contributed by atoms with Crippen LogP contribution in [0.1, 0.15) is 28.4 Å². The third kappa shape index (κ3) is 2.37. The van der Waals surface area contributed by atoms with E-state index in [1.165, 1.54) is 0 Å². The van der Waals surface area contributed by atoms with Gasteiger partial charge in [-0.2, -0.15) is 4.98 Å². The first-order valence-electron chi connectivity index (χ1n) is 5.72. The van der Waals surface area contributed by atoms with Crippen molar-refractivity contribution in [3.05, 3.63) is 35.9 Å². The first-order chi connectivity index (χ1) is 8.61. The van der Waals surface area contributed by atoms with Gasteiger partial charge in [-0.05, 0) is 26.3 Å². The number of nitrogens with zero attached hydrogens (tertiary/aromatic N) is 4. The number of aromatic nitrogens is 4. The molecular weight excluding hydrogens is 230 g/mol. The summed E-state index contributed by atoms with van der Waals surface area (Å²) in [4.78, 5) is 20.1. The van der Waals surface area contributed by atoms with Crippen molar-refractivity contribution in [2.75, 3.05) is 6.54 Å². The molecule has 2 aromatic rings. The van der Waals surface area contributed by atoms with Crippen molar-refractivity contribution in [2.45, 2.75) is 20.3 Å². The first kappa shape index (κ1) is 12.2. The summed E-state index contributed by atoms with van der Waals surface area (Å²) < 4.78 is 1.56. The highest BCUT2D eigenvalue weighted by atomic mass is 16.2. The fourth-order valence-electron chi connectivity index (χ4n) is 1.63. The van der Waals surface area contributed by atoms with Gasteiger partial charge in [-0.3, -0.25) is 4.79 Å². The summed E-state index contributed by atoms with van der Waals surface area (Å²) in [5.41, 5.74) is 1.75. The second-order valence-electron chi connectivity index (χ2n) is 4.02. The Hall–Kier alpha value is -2.24. The molecule has 6 nitrogen and oxygen atoms in total. The Morgan fingerprint density at radius 2 is 2.28 bits per heavy atom. The summed E-state index contributed by atoms with van der Waals surface area (Å²) >= 11 is 0. The minimum atomic E-state index is -0.292. The van der Waals surface area contributed by atoms with Gasteiger partial charge >= 0.3 is 0 Å². The van der Waals surface area contributed by atoms with Crippen LogP contribution in [0.15, 0.2) is 18.7 Å². The molecule has 1 N–H and O–H groups in total. The summed E-state index contributed by atoms with van der Waals surface area (Å²) in [5.74, 6) is 0.293. The van der Waals surface area contributed by atoms with E-state index in [9.17, 15) is 4.79 Å². The van der Waals surface area contributed by atoms with Crippen LogP contribution in [0.4, 0.5) is 0 Å². The lowest BCUT2D eigenvalue weighted by Gasteiger charge is -1.98. The van der Waals surface area contributed by atoms with E-state index in [0.717, 1.165) is 17.8 Å². The van der Waals surface area contributed by atoms with Crippen molar-refractivity contribution in [3.8, 4) is 0 Å². The molecule has 2 rings (SSSR count). The minimum Gasteiger partial charge on any atom is -0.349 e. The normalized spacial score (nSPS) is 10.6. The molecule has 2 aromatic heterocycles. The SMILES string of the molecule is C=CCCNC(=O)c1nc2nc(C)cc(C)n2n1. The smallest absolute Gasteiger partial charge is 0.291 e. The third-order valence-electron chi connectivity index (χ3n) is 2.46. The Balaban J connectivity index is 2.27. The molecule has 0 spiro atoms. The van der Waals surface area contributed by atoms with Gasteiger partial charge in [-0.1, -0.05) is 6.08 Å². The van der Waals surface area contributed by atoms with E-state index in [2.05, 4.69) is 27.0 Å². The van der Waals surface area contributed by atoms with Crippen LogP contribution in [0.5, 0.6) is 0 Å². The Bertz CT molecular complexity index is 602. The zero-order valence-corrected chi connectivity index (χ0v) is 10.5. The van der Waals surface area contributed by atoms with E-state index in [0.29, 0.717) is 12.3 Å². The fourth-order valence-corrected chi connectivity index (χ4v) is 1.63. The number of carbonyl (C=O) groups excluding carboxylic acids is 1. The molecule has 1 amide bonds. The average molecular weight is 245 g/mol. The standard InChI is InChI=1S/C12H15N5O/c1-4-5-6-13-11(18)10-15-12-14-8(2)7-9(3)17(12)16-10/h4,7H,1,5-6H2,2-3H3,(H,13,18). The molecular formula is C12H15N5O. The Morgan fingerprint density at radius 3 is 3.00 bits per heavy atom. The molecule has 18 heavy (non-hydrogen) atoms. The van der Waals surface area contributed by atoms with Gasteiger partial charge in [-0.15, -0.1) is 11.7 Å². The van der Waals surface area contributed by atoms with Crippen LogP contribution in [0.2, 0.25) is 0 Å². The minimum absolute atomic E-state index is 0.139. The molecule has 0 saturated carbocycles. The number of carbonyl (C=O) groups is 1. The maximum Gasteiger partial charge on any atom is 0.291 e. The molecule has 94 valence electrons. The second kappa shape index (κ2) is 4.95. The topological polar surface area (TPSA) is 72.2 Å². The van der Waals surface area contributed by atoms with Gasteiger partial charge in [0.05, 0.1) is 0 Å². The lowest BCUT2D eigenvalue weighted by atomic mass is 10.4. The van der Waals surface area contributed by atoms with E-state index < -0.39 is 0 Å². The average Bonchev–Trinajstić information content (AvgIpc) is 2.73. The molecule has 2 heterocycles. The summed E-state index contributed by atoms with van der Waals surface area (Å²) in [7, 11) is 0. The van der Waals surface area contributed by atoms with Crippen LogP contribution in [-0.4, -0.2) is 32.0 Å². The van der Waals surface area contributed by atoms with Gasteiger partial charge < -0.3 is 5.32 Å². The zero-order valence-electron chi connectivity index (χ0n) is 10.5. The highest BCUT2D eigenvalue weighted by Gasteiger charge is 2.13. The molecule has 0 aliphatic carbocycles. The second-order valence-corrected chi connectivity index (χ2v) is 4.02. The quantitative estimate of drug-likeness (QED) is 0.645. The van der Waals surface area contributed by atoms with Crippen LogP contribution >= 0.6 is 0 Å². The highest BCUT2D eigenvalue weighted by Crippen LogP contribution is 2.05. The molecule has 6 heteroatoms. The fraction of sp³-hybridized carbons (Fsp3) is 0.333. The largest absolute Gasteiger partial charge is 0.349 e. The van der Waals surface area contributed by atoms with Crippen LogP contribution in [0, 0.1) is 13.8 Å².